The second kappa shape index (κ2) is 8.32. The molecule has 1 aromatic heterocycles. The molecule has 0 saturated heterocycles. The van der Waals surface area contributed by atoms with Gasteiger partial charge in [0.1, 0.15) is 11.4 Å². The molecule has 5 heteroatoms. The van der Waals surface area contributed by atoms with E-state index in [0.29, 0.717) is 18.7 Å². The lowest BCUT2D eigenvalue weighted by Gasteiger charge is -2.08. The quantitative estimate of drug-likeness (QED) is 0.527. The number of hydrogen-bond acceptors (Lipinski definition) is 4. The summed E-state index contributed by atoms with van der Waals surface area (Å²) in [4.78, 5) is 11.2. The van der Waals surface area contributed by atoms with Crippen LogP contribution in [0.25, 0.3) is 0 Å². The van der Waals surface area contributed by atoms with Crippen molar-refractivity contribution >= 4 is 6.29 Å². The van der Waals surface area contributed by atoms with E-state index in [9.17, 15) is 4.79 Å². The Labute approximate surface area is 131 Å². The van der Waals surface area contributed by atoms with Crippen molar-refractivity contribution in [1.29, 1.82) is 0 Å². The van der Waals surface area contributed by atoms with E-state index >= 15 is 0 Å². The Balaban J connectivity index is 2.12. The highest BCUT2D eigenvalue weighted by Gasteiger charge is 2.12. The maximum Gasteiger partial charge on any atom is 0.172 e. The third-order valence-electron chi connectivity index (χ3n) is 3.56. The monoisotopic (exact) mass is 301 g/mol. The topological polar surface area (TPSA) is 57.0 Å². The van der Waals surface area contributed by atoms with E-state index in [1.165, 1.54) is 0 Å². The van der Waals surface area contributed by atoms with Gasteiger partial charge in [-0.05, 0) is 31.0 Å². The maximum atomic E-state index is 11.2. The summed E-state index contributed by atoms with van der Waals surface area (Å²) in [6.45, 7) is 5.59. The zero-order chi connectivity index (χ0) is 15.8. The van der Waals surface area contributed by atoms with Crippen LogP contribution >= 0.6 is 0 Å². The summed E-state index contributed by atoms with van der Waals surface area (Å²) in [5.41, 5.74) is 2.44. The summed E-state index contributed by atoms with van der Waals surface area (Å²) < 4.78 is 7.30. The van der Waals surface area contributed by atoms with Crippen LogP contribution in [0.15, 0.2) is 24.3 Å². The lowest BCUT2D eigenvalue weighted by molar-refractivity contribution is 0.111. The van der Waals surface area contributed by atoms with Gasteiger partial charge in [0.25, 0.3) is 0 Å². The highest BCUT2D eigenvalue weighted by Crippen LogP contribution is 2.17. The molecular formula is C17H23N3O2. The molecule has 0 radical (unpaired) electrons. The normalized spacial score (nSPS) is 10.6. The number of nitrogens with zero attached hydrogens (tertiary/aromatic N) is 3. The van der Waals surface area contributed by atoms with Crippen LogP contribution in [0.1, 0.15) is 54.9 Å². The number of rotatable bonds is 9. The zero-order valence-corrected chi connectivity index (χ0v) is 13.3. The zero-order valence-electron chi connectivity index (χ0n) is 13.3. The van der Waals surface area contributed by atoms with Gasteiger partial charge in [-0.3, -0.25) is 4.79 Å². The number of aromatic nitrogens is 3. The van der Waals surface area contributed by atoms with E-state index in [0.717, 1.165) is 49.1 Å². The van der Waals surface area contributed by atoms with Crippen molar-refractivity contribution < 1.29 is 9.53 Å². The second-order valence-electron chi connectivity index (χ2n) is 5.22. The molecule has 2 rings (SSSR count). The van der Waals surface area contributed by atoms with Crippen LogP contribution in [0.3, 0.4) is 0 Å². The molecule has 118 valence electrons. The molecule has 0 spiro atoms. The van der Waals surface area contributed by atoms with E-state index in [1.807, 2.05) is 35.9 Å². The predicted octanol–water partition coefficient (Wildman–Crippen LogP) is 3.27. The molecule has 0 fully saturated rings. The van der Waals surface area contributed by atoms with Crippen molar-refractivity contribution in [2.75, 3.05) is 6.61 Å². The van der Waals surface area contributed by atoms with Crippen LogP contribution in [0.4, 0.5) is 0 Å². The van der Waals surface area contributed by atoms with Gasteiger partial charge >= 0.3 is 0 Å². The van der Waals surface area contributed by atoms with Crippen molar-refractivity contribution in [2.45, 2.75) is 46.1 Å². The second-order valence-corrected chi connectivity index (χ2v) is 5.22. The highest BCUT2D eigenvalue weighted by molar-refractivity contribution is 5.73. The molecule has 0 amide bonds. The van der Waals surface area contributed by atoms with Gasteiger partial charge in [-0.25, -0.2) is 4.68 Å². The molecule has 0 atom stereocenters. The minimum atomic E-state index is 0.436. The van der Waals surface area contributed by atoms with Gasteiger partial charge in [0, 0.05) is 13.0 Å². The van der Waals surface area contributed by atoms with Gasteiger partial charge in [0.05, 0.1) is 12.3 Å². The van der Waals surface area contributed by atoms with Crippen molar-refractivity contribution in [3.63, 3.8) is 0 Å². The smallest absolute Gasteiger partial charge is 0.172 e. The minimum absolute atomic E-state index is 0.436. The number of aryl methyl sites for hydroxylation is 1. The van der Waals surface area contributed by atoms with Crippen molar-refractivity contribution in [3.8, 4) is 5.75 Å². The molecule has 0 bridgehead atoms. The first-order chi connectivity index (χ1) is 10.8. The van der Waals surface area contributed by atoms with Crippen LogP contribution in [0.5, 0.6) is 5.75 Å². The summed E-state index contributed by atoms with van der Waals surface area (Å²) in [6.07, 6.45) is 4.80. The molecule has 5 nitrogen and oxygen atoms in total. The van der Waals surface area contributed by atoms with Gasteiger partial charge in [-0.15, -0.1) is 5.10 Å². The number of benzene rings is 1. The molecule has 2 aromatic rings. The highest BCUT2D eigenvalue weighted by atomic mass is 16.5. The molecule has 0 N–H and O–H groups in total. The van der Waals surface area contributed by atoms with Crippen LogP contribution in [0.2, 0.25) is 0 Å². The van der Waals surface area contributed by atoms with Gasteiger partial charge < -0.3 is 4.74 Å². The van der Waals surface area contributed by atoms with Crippen LogP contribution in [-0.4, -0.2) is 27.9 Å². The first-order valence-electron chi connectivity index (χ1n) is 7.87. The Kier molecular flexibility index (Phi) is 6.13. The number of carbonyl (C=O) groups excluding carboxylic acids is 1. The Bertz CT molecular complexity index is 590. The van der Waals surface area contributed by atoms with Gasteiger partial charge in [0.15, 0.2) is 6.29 Å². The van der Waals surface area contributed by atoms with Crippen molar-refractivity contribution in [1.82, 2.24) is 15.0 Å². The van der Waals surface area contributed by atoms with E-state index in [1.54, 1.807) is 0 Å². The number of carbonyl (C=O) groups is 1. The fourth-order valence-electron chi connectivity index (χ4n) is 2.37. The Morgan fingerprint density at radius 1 is 1.18 bits per heavy atom. The first-order valence-corrected chi connectivity index (χ1v) is 7.87. The lowest BCUT2D eigenvalue weighted by atomic mass is 10.1. The number of aldehydes is 1. The fourth-order valence-corrected chi connectivity index (χ4v) is 2.37. The van der Waals surface area contributed by atoms with Crippen LogP contribution < -0.4 is 4.74 Å². The Morgan fingerprint density at radius 3 is 2.59 bits per heavy atom. The summed E-state index contributed by atoms with van der Waals surface area (Å²) in [5.74, 6) is 0.858. The van der Waals surface area contributed by atoms with Crippen LogP contribution in [-0.2, 0) is 13.0 Å². The molecule has 22 heavy (non-hydrogen) atoms. The minimum Gasteiger partial charge on any atom is -0.494 e. The summed E-state index contributed by atoms with van der Waals surface area (Å²) >= 11 is 0. The molecule has 0 aliphatic rings. The third-order valence-corrected chi connectivity index (χ3v) is 3.56. The Morgan fingerprint density at radius 2 is 1.95 bits per heavy atom. The fraction of sp³-hybridized carbons (Fsp3) is 0.471. The molecule has 1 aromatic carbocycles. The molecule has 0 aliphatic carbocycles. The summed E-state index contributed by atoms with van der Waals surface area (Å²) in [5, 5.41) is 8.09. The predicted molar refractivity (Wildman–Crippen MR) is 85.4 cm³/mol. The molecule has 0 aliphatic heterocycles. The van der Waals surface area contributed by atoms with E-state index in [2.05, 4.69) is 17.2 Å². The van der Waals surface area contributed by atoms with Crippen molar-refractivity contribution in [2.24, 2.45) is 0 Å². The number of ether oxygens (including phenoxy) is 1. The van der Waals surface area contributed by atoms with Crippen molar-refractivity contribution in [3.05, 3.63) is 41.2 Å². The Hall–Kier alpha value is -2.17. The van der Waals surface area contributed by atoms with Gasteiger partial charge in [0.2, 0.25) is 0 Å². The number of hydrogen-bond donors (Lipinski definition) is 0. The van der Waals surface area contributed by atoms with Gasteiger partial charge in [-0.2, -0.15) is 0 Å². The summed E-state index contributed by atoms with van der Waals surface area (Å²) in [6, 6.07) is 7.93. The van der Waals surface area contributed by atoms with E-state index < -0.39 is 0 Å². The largest absolute Gasteiger partial charge is 0.494 e. The molecule has 0 saturated carbocycles. The lowest BCUT2D eigenvalue weighted by Crippen LogP contribution is -2.07. The van der Waals surface area contributed by atoms with E-state index in [4.69, 9.17) is 4.74 Å². The van der Waals surface area contributed by atoms with E-state index in [-0.39, 0.29) is 0 Å². The third kappa shape index (κ3) is 4.16. The summed E-state index contributed by atoms with van der Waals surface area (Å²) in [7, 11) is 0. The van der Waals surface area contributed by atoms with Crippen LogP contribution in [0, 0.1) is 0 Å². The SMILES string of the molecule is CCCCCn1nnc(C=O)c1Cc1ccc(OCC)cc1. The molecule has 0 unspecified atom stereocenters. The number of unbranched alkanes of at least 4 members (excludes halogenated alkanes) is 2. The molecule has 1 heterocycles. The maximum absolute atomic E-state index is 11.2. The standard InChI is InChI=1S/C17H23N3O2/c1-3-5-6-11-20-17(16(13-21)18-19-20)12-14-7-9-15(10-8-14)22-4-2/h7-10,13H,3-6,11-12H2,1-2H3. The average molecular weight is 301 g/mol. The van der Waals surface area contributed by atoms with Gasteiger partial charge in [-0.1, -0.05) is 37.1 Å². The molecular weight excluding hydrogens is 278 g/mol. The average Bonchev–Trinajstić information content (AvgIpc) is 2.92. The first kappa shape index (κ1) is 16.2.